The number of carbonyl (C=O) groups is 2. The average Bonchev–Trinajstić information content (AvgIpc) is 2.84. The van der Waals surface area contributed by atoms with E-state index in [1.165, 1.54) is 0 Å². The molecule has 22 heavy (non-hydrogen) atoms. The first-order chi connectivity index (χ1) is 10.5. The number of hydrogen-bond donors (Lipinski definition) is 5. The highest BCUT2D eigenvalue weighted by Crippen LogP contribution is 2.17. The highest BCUT2D eigenvalue weighted by Gasteiger charge is 2.31. The average molecular weight is 303 g/mol. The lowest BCUT2D eigenvalue weighted by atomic mass is 9.96. The highest BCUT2D eigenvalue weighted by atomic mass is 16.2. The van der Waals surface area contributed by atoms with E-state index in [1.54, 1.807) is 18.3 Å². The van der Waals surface area contributed by atoms with Gasteiger partial charge in [-0.05, 0) is 26.0 Å². The van der Waals surface area contributed by atoms with Crippen LogP contribution in [0.4, 0.5) is 10.5 Å². The zero-order valence-corrected chi connectivity index (χ0v) is 12.7. The van der Waals surface area contributed by atoms with Gasteiger partial charge in [0.15, 0.2) is 0 Å². The Hall–Kier alpha value is -2.54. The zero-order chi connectivity index (χ0) is 16.0. The van der Waals surface area contributed by atoms with Crippen LogP contribution in [-0.4, -0.2) is 30.6 Å². The molecule has 0 radical (unpaired) electrons. The summed E-state index contributed by atoms with van der Waals surface area (Å²) in [6.45, 7) is 4.52. The zero-order valence-electron chi connectivity index (χ0n) is 12.7. The Morgan fingerprint density at radius 3 is 2.41 bits per heavy atom. The van der Waals surface area contributed by atoms with Crippen LogP contribution in [0, 0.1) is 0 Å². The molecule has 5 N–H and O–H groups in total. The fourth-order valence-corrected chi connectivity index (χ4v) is 2.03. The van der Waals surface area contributed by atoms with Crippen LogP contribution in [-0.2, 0) is 4.79 Å². The Morgan fingerprint density at radius 2 is 1.77 bits per heavy atom. The second-order valence-corrected chi connectivity index (χ2v) is 5.46. The van der Waals surface area contributed by atoms with Crippen LogP contribution < -0.4 is 26.8 Å². The Kier molecular flexibility index (Phi) is 5.00. The lowest BCUT2D eigenvalue weighted by Gasteiger charge is -2.21. The van der Waals surface area contributed by atoms with Gasteiger partial charge < -0.3 is 21.4 Å². The summed E-state index contributed by atoms with van der Waals surface area (Å²) in [7, 11) is 0. The van der Waals surface area contributed by atoms with E-state index in [1.807, 2.05) is 32.0 Å². The van der Waals surface area contributed by atoms with E-state index in [0.29, 0.717) is 18.7 Å². The molecule has 1 aliphatic rings. The first-order valence-corrected chi connectivity index (χ1v) is 7.10. The summed E-state index contributed by atoms with van der Waals surface area (Å²) >= 11 is 0. The van der Waals surface area contributed by atoms with Crippen molar-refractivity contribution in [3.05, 3.63) is 42.1 Å². The van der Waals surface area contributed by atoms with Crippen molar-refractivity contribution in [3.63, 3.8) is 0 Å². The standard InChI is InChI=1S/C15H21N5O2/c1-15(2)12(10-18-20-15)13(21)16-8-9-17-14(22)19-11-6-4-3-5-7-11/h3-7,10,18,20H,8-9H2,1-2H3,(H,16,21)(H2,17,19,22). The molecule has 0 spiro atoms. The van der Waals surface area contributed by atoms with Crippen molar-refractivity contribution in [2.45, 2.75) is 19.4 Å². The molecule has 118 valence electrons. The lowest BCUT2D eigenvalue weighted by molar-refractivity contribution is -0.118. The van der Waals surface area contributed by atoms with Crippen LogP contribution in [0.2, 0.25) is 0 Å². The van der Waals surface area contributed by atoms with Crippen LogP contribution in [0.5, 0.6) is 0 Å². The number of carbonyl (C=O) groups excluding carboxylic acids is 2. The molecular weight excluding hydrogens is 282 g/mol. The number of urea groups is 1. The number of hydrogen-bond acceptors (Lipinski definition) is 4. The third-order valence-electron chi connectivity index (χ3n) is 3.25. The molecular formula is C15H21N5O2. The van der Waals surface area contributed by atoms with E-state index in [0.717, 1.165) is 5.69 Å². The van der Waals surface area contributed by atoms with Crippen LogP contribution in [0.3, 0.4) is 0 Å². The summed E-state index contributed by atoms with van der Waals surface area (Å²) in [6, 6.07) is 8.86. The van der Waals surface area contributed by atoms with Crippen molar-refractivity contribution in [2.75, 3.05) is 18.4 Å². The molecule has 0 fully saturated rings. The number of hydrazine groups is 1. The largest absolute Gasteiger partial charge is 0.350 e. The second kappa shape index (κ2) is 6.95. The van der Waals surface area contributed by atoms with E-state index in [9.17, 15) is 9.59 Å². The van der Waals surface area contributed by atoms with Gasteiger partial charge in [0.05, 0.1) is 11.1 Å². The maximum atomic E-state index is 12.0. The Labute approximate surface area is 129 Å². The summed E-state index contributed by atoms with van der Waals surface area (Å²) in [5.74, 6) is -0.159. The minimum absolute atomic E-state index is 0.159. The van der Waals surface area contributed by atoms with Crippen LogP contribution in [0.1, 0.15) is 13.8 Å². The predicted molar refractivity (Wildman–Crippen MR) is 84.9 cm³/mol. The Bertz CT molecular complexity index is 569. The van der Waals surface area contributed by atoms with Crippen molar-refractivity contribution in [2.24, 2.45) is 0 Å². The number of benzene rings is 1. The van der Waals surface area contributed by atoms with Gasteiger partial charge in [-0.1, -0.05) is 18.2 Å². The molecule has 0 unspecified atom stereocenters. The monoisotopic (exact) mass is 303 g/mol. The predicted octanol–water partition coefficient (Wildman–Crippen LogP) is 0.695. The van der Waals surface area contributed by atoms with Crippen LogP contribution >= 0.6 is 0 Å². The fraction of sp³-hybridized carbons (Fsp3) is 0.333. The van der Waals surface area contributed by atoms with Crippen LogP contribution in [0.25, 0.3) is 0 Å². The Balaban J connectivity index is 1.67. The molecule has 1 aliphatic heterocycles. The van der Waals surface area contributed by atoms with Gasteiger partial charge in [0.1, 0.15) is 0 Å². The van der Waals surface area contributed by atoms with E-state index in [4.69, 9.17) is 0 Å². The van der Waals surface area contributed by atoms with Gasteiger partial charge in [0.25, 0.3) is 5.91 Å². The van der Waals surface area contributed by atoms with Gasteiger partial charge in [-0.3, -0.25) is 4.79 Å². The molecule has 0 atom stereocenters. The number of anilines is 1. The number of para-hydroxylation sites is 1. The molecule has 0 bridgehead atoms. The molecule has 1 heterocycles. The molecule has 0 aliphatic carbocycles. The van der Waals surface area contributed by atoms with Crippen molar-refractivity contribution in [1.82, 2.24) is 21.5 Å². The summed E-state index contributed by atoms with van der Waals surface area (Å²) in [5.41, 5.74) is 6.74. The first kappa shape index (κ1) is 15.8. The molecule has 7 heteroatoms. The molecule has 1 aromatic carbocycles. The van der Waals surface area contributed by atoms with Crippen molar-refractivity contribution in [3.8, 4) is 0 Å². The minimum Gasteiger partial charge on any atom is -0.350 e. The summed E-state index contributed by atoms with van der Waals surface area (Å²) in [6.07, 6.45) is 1.64. The number of nitrogens with one attached hydrogen (secondary N) is 5. The van der Waals surface area contributed by atoms with Gasteiger partial charge >= 0.3 is 6.03 Å². The maximum Gasteiger partial charge on any atom is 0.319 e. The molecule has 0 aromatic heterocycles. The second-order valence-electron chi connectivity index (χ2n) is 5.46. The quantitative estimate of drug-likeness (QED) is 0.517. The van der Waals surface area contributed by atoms with Gasteiger partial charge in [0.2, 0.25) is 0 Å². The van der Waals surface area contributed by atoms with E-state index in [2.05, 4.69) is 26.8 Å². The SMILES string of the molecule is CC1(C)NNC=C1C(=O)NCCNC(=O)Nc1ccccc1. The third kappa shape index (κ3) is 4.23. The molecule has 0 saturated carbocycles. The molecule has 3 amide bonds. The topological polar surface area (TPSA) is 94.3 Å². The Morgan fingerprint density at radius 1 is 1.09 bits per heavy atom. The van der Waals surface area contributed by atoms with Crippen LogP contribution in [0.15, 0.2) is 42.1 Å². The van der Waals surface area contributed by atoms with Crippen molar-refractivity contribution < 1.29 is 9.59 Å². The van der Waals surface area contributed by atoms with Crippen molar-refractivity contribution in [1.29, 1.82) is 0 Å². The summed E-state index contributed by atoms with van der Waals surface area (Å²) in [4.78, 5) is 23.7. The summed E-state index contributed by atoms with van der Waals surface area (Å²) < 4.78 is 0. The van der Waals surface area contributed by atoms with Gasteiger partial charge in [-0.2, -0.15) is 0 Å². The summed E-state index contributed by atoms with van der Waals surface area (Å²) in [5, 5.41) is 8.16. The van der Waals surface area contributed by atoms with E-state index in [-0.39, 0.29) is 11.9 Å². The molecule has 2 rings (SSSR count). The van der Waals surface area contributed by atoms with Gasteiger partial charge in [-0.25, -0.2) is 10.2 Å². The number of amides is 3. The van der Waals surface area contributed by atoms with Crippen molar-refractivity contribution >= 4 is 17.6 Å². The minimum atomic E-state index is -0.414. The van der Waals surface area contributed by atoms with Gasteiger partial charge in [0, 0.05) is 25.0 Å². The molecule has 7 nitrogen and oxygen atoms in total. The van der Waals surface area contributed by atoms with E-state index >= 15 is 0 Å². The van der Waals surface area contributed by atoms with Gasteiger partial charge in [-0.15, -0.1) is 0 Å². The normalized spacial score (nSPS) is 15.5. The third-order valence-corrected chi connectivity index (χ3v) is 3.25. The smallest absolute Gasteiger partial charge is 0.319 e. The fourth-order valence-electron chi connectivity index (χ4n) is 2.03. The van der Waals surface area contributed by atoms with E-state index < -0.39 is 5.54 Å². The first-order valence-electron chi connectivity index (χ1n) is 7.10. The maximum absolute atomic E-state index is 12.0. The molecule has 1 aromatic rings. The molecule has 0 saturated heterocycles. The lowest BCUT2D eigenvalue weighted by Crippen LogP contribution is -2.45. The number of rotatable bonds is 5. The highest BCUT2D eigenvalue weighted by molar-refractivity contribution is 5.96.